The standard InChI is InChI=1S/C13H13F2NO4/c14-9-1-2-10(15)8(5-9)6-12(17)16-3-4-20-11(7-16)13(18)19/h1-2,5,11H,3-4,6-7H2,(H,18,19)/t11-/m0/s1. The Hall–Kier alpha value is -2.02. The number of amides is 1. The van der Waals surface area contributed by atoms with Crippen molar-refractivity contribution in [1.29, 1.82) is 0 Å². The molecule has 20 heavy (non-hydrogen) atoms. The van der Waals surface area contributed by atoms with Crippen molar-refractivity contribution in [2.75, 3.05) is 19.7 Å². The quantitative estimate of drug-likeness (QED) is 0.893. The number of rotatable bonds is 3. The lowest BCUT2D eigenvalue weighted by molar-refractivity contribution is -0.159. The highest BCUT2D eigenvalue weighted by Crippen LogP contribution is 2.13. The largest absolute Gasteiger partial charge is 0.479 e. The Morgan fingerprint density at radius 2 is 2.15 bits per heavy atom. The summed E-state index contributed by atoms with van der Waals surface area (Å²) >= 11 is 0. The predicted octanol–water partition coefficient (Wildman–Crippen LogP) is 0.819. The van der Waals surface area contributed by atoms with Crippen molar-refractivity contribution in [3.05, 3.63) is 35.4 Å². The second-order valence-corrected chi connectivity index (χ2v) is 4.45. The highest BCUT2D eigenvalue weighted by Gasteiger charge is 2.29. The molecule has 1 aromatic rings. The van der Waals surface area contributed by atoms with E-state index in [9.17, 15) is 18.4 Å². The maximum atomic E-state index is 13.4. The second kappa shape index (κ2) is 5.96. The Labute approximate surface area is 113 Å². The molecular weight excluding hydrogens is 272 g/mol. The summed E-state index contributed by atoms with van der Waals surface area (Å²) in [6, 6.07) is 2.89. The summed E-state index contributed by atoms with van der Waals surface area (Å²) in [7, 11) is 0. The smallest absolute Gasteiger partial charge is 0.334 e. The van der Waals surface area contributed by atoms with Crippen LogP contribution >= 0.6 is 0 Å². The molecule has 0 saturated carbocycles. The molecule has 1 N–H and O–H groups in total. The molecule has 0 radical (unpaired) electrons. The van der Waals surface area contributed by atoms with Gasteiger partial charge in [-0.15, -0.1) is 0 Å². The molecule has 0 aliphatic carbocycles. The summed E-state index contributed by atoms with van der Waals surface area (Å²) in [5.41, 5.74) is -0.0478. The van der Waals surface area contributed by atoms with Crippen LogP contribution in [0.1, 0.15) is 5.56 Å². The number of hydrogen-bond donors (Lipinski definition) is 1. The molecule has 1 atom stereocenters. The molecule has 0 unspecified atom stereocenters. The number of morpholine rings is 1. The van der Waals surface area contributed by atoms with E-state index in [1.807, 2.05) is 0 Å². The average Bonchev–Trinajstić information content (AvgIpc) is 2.43. The van der Waals surface area contributed by atoms with Gasteiger partial charge in [-0.3, -0.25) is 4.79 Å². The van der Waals surface area contributed by atoms with Crippen LogP contribution in [0.15, 0.2) is 18.2 Å². The summed E-state index contributed by atoms with van der Waals surface area (Å²) in [6.07, 6.45) is -1.39. The molecule has 2 rings (SSSR count). The van der Waals surface area contributed by atoms with Crippen LogP contribution in [0.2, 0.25) is 0 Å². The fourth-order valence-electron chi connectivity index (χ4n) is 1.98. The van der Waals surface area contributed by atoms with Crippen molar-refractivity contribution in [2.24, 2.45) is 0 Å². The molecule has 0 bridgehead atoms. The maximum absolute atomic E-state index is 13.4. The number of ether oxygens (including phenoxy) is 1. The topological polar surface area (TPSA) is 66.8 Å². The van der Waals surface area contributed by atoms with Gasteiger partial charge in [-0.25, -0.2) is 13.6 Å². The number of carboxylic acids is 1. The lowest BCUT2D eigenvalue weighted by Crippen LogP contribution is -2.49. The zero-order valence-corrected chi connectivity index (χ0v) is 10.5. The van der Waals surface area contributed by atoms with Crippen LogP contribution < -0.4 is 0 Å². The number of nitrogens with zero attached hydrogens (tertiary/aromatic N) is 1. The fourth-order valence-corrected chi connectivity index (χ4v) is 1.98. The van der Waals surface area contributed by atoms with E-state index in [0.29, 0.717) is 0 Å². The van der Waals surface area contributed by atoms with Gasteiger partial charge in [-0.05, 0) is 18.2 Å². The van der Waals surface area contributed by atoms with Gasteiger partial charge < -0.3 is 14.7 Å². The normalized spacial score (nSPS) is 18.9. The van der Waals surface area contributed by atoms with Crippen molar-refractivity contribution in [2.45, 2.75) is 12.5 Å². The zero-order chi connectivity index (χ0) is 14.7. The highest BCUT2D eigenvalue weighted by molar-refractivity contribution is 5.80. The van der Waals surface area contributed by atoms with Crippen LogP contribution in [0.25, 0.3) is 0 Å². The van der Waals surface area contributed by atoms with Gasteiger partial charge >= 0.3 is 5.97 Å². The second-order valence-electron chi connectivity index (χ2n) is 4.45. The number of carboxylic acid groups (broad SMARTS) is 1. The minimum atomic E-state index is -1.15. The van der Waals surface area contributed by atoms with Gasteiger partial charge in [0.15, 0.2) is 6.10 Å². The average molecular weight is 285 g/mol. The van der Waals surface area contributed by atoms with Gasteiger partial charge in [0.25, 0.3) is 0 Å². The molecule has 1 aliphatic rings. The first kappa shape index (κ1) is 14.4. The summed E-state index contributed by atoms with van der Waals surface area (Å²) in [5.74, 6) is -2.90. The maximum Gasteiger partial charge on any atom is 0.334 e. The van der Waals surface area contributed by atoms with Gasteiger partial charge in [-0.1, -0.05) is 0 Å². The third-order valence-corrected chi connectivity index (χ3v) is 3.04. The highest BCUT2D eigenvalue weighted by atomic mass is 19.1. The van der Waals surface area contributed by atoms with E-state index < -0.39 is 29.6 Å². The van der Waals surface area contributed by atoms with Crippen LogP contribution in [0.3, 0.4) is 0 Å². The lowest BCUT2D eigenvalue weighted by Gasteiger charge is -2.31. The molecule has 108 valence electrons. The van der Waals surface area contributed by atoms with Crippen LogP contribution in [-0.4, -0.2) is 47.7 Å². The van der Waals surface area contributed by atoms with E-state index in [-0.39, 0.29) is 31.7 Å². The summed E-state index contributed by atoms with van der Waals surface area (Å²) in [6.45, 7) is 0.249. The molecule has 5 nitrogen and oxygen atoms in total. The van der Waals surface area contributed by atoms with Gasteiger partial charge in [0.1, 0.15) is 11.6 Å². The Morgan fingerprint density at radius 1 is 1.40 bits per heavy atom. The molecule has 7 heteroatoms. The Balaban J connectivity index is 2.04. The van der Waals surface area contributed by atoms with E-state index in [1.54, 1.807) is 0 Å². The first-order valence-electron chi connectivity index (χ1n) is 6.03. The zero-order valence-electron chi connectivity index (χ0n) is 10.5. The molecule has 1 aliphatic heterocycles. The van der Waals surface area contributed by atoms with E-state index >= 15 is 0 Å². The number of hydrogen-bond acceptors (Lipinski definition) is 3. The summed E-state index contributed by atoms with van der Waals surface area (Å²) in [4.78, 5) is 24.1. The Bertz CT molecular complexity index is 535. The minimum Gasteiger partial charge on any atom is -0.479 e. The van der Waals surface area contributed by atoms with E-state index in [0.717, 1.165) is 18.2 Å². The minimum absolute atomic E-state index is 0.0478. The first-order valence-corrected chi connectivity index (χ1v) is 6.03. The van der Waals surface area contributed by atoms with Crippen molar-refractivity contribution < 1.29 is 28.2 Å². The number of benzene rings is 1. The van der Waals surface area contributed by atoms with Gasteiger partial charge in [0, 0.05) is 12.1 Å². The Morgan fingerprint density at radius 3 is 2.85 bits per heavy atom. The number of halogens is 2. The van der Waals surface area contributed by atoms with Crippen molar-refractivity contribution >= 4 is 11.9 Å². The number of carbonyl (C=O) groups is 2. The molecule has 1 heterocycles. The van der Waals surface area contributed by atoms with Crippen molar-refractivity contribution in [3.63, 3.8) is 0 Å². The molecule has 0 spiro atoms. The van der Waals surface area contributed by atoms with Crippen molar-refractivity contribution in [1.82, 2.24) is 4.90 Å². The van der Waals surface area contributed by atoms with Crippen LogP contribution in [0.4, 0.5) is 8.78 Å². The summed E-state index contributed by atoms with van der Waals surface area (Å²) in [5, 5.41) is 8.84. The molecular formula is C13H13F2NO4. The Kier molecular flexibility index (Phi) is 4.29. The van der Waals surface area contributed by atoms with Gasteiger partial charge in [0.05, 0.1) is 19.6 Å². The molecule has 1 saturated heterocycles. The third kappa shape index (κ3) is 3.30. The monoisotopic (exact) mass is 285 g/mol. The number of carbonyl (C=O) groups excluding carboxylic acids is 1. The van der Waals surface area contributed by atoms with Gasteiger partial charge in [0.2, 0.25) is 5.91 Å². The van der Waals surface area contributed by atoms with E-state index in [1.165, 1.54) is 4.90 Å². The van der Waals surface area contributed by atoms with Crippen molar-refractivity contribution in [3.8, 4) is 0 Å². The molecule has 1 fully saturated rings. The number of aliphatic carboxylic acids is 1. The molecule has 0 aromatic heterocycles. The van der Waals surface area contributed by atoms with Gasteiger partial charge in [-0.2, -0.15) is 0 Å². The molecule has 1 aromatic carbocycles. The van der Waals surface area contributed by atoms with Crippen LogP contribution in [0, 0.1) is 11.6 Å². The third-order valence-electron chi connectivity index (χ3n) is 3.04. The van der Waals surface area contributed by atoms with Crippen LogP contribution in [-0.2, 0) is 20.7 Å². The predicted molar refractivity (Wildman–Crippen MR) is 64.0 cm³/mol. The SMILES string of the molecule is O=C(O)[C@@H]1CN(C(=O)Cc2cc(F)ccc2F)CCO1. The van der Waals surface area contributed by atoms with E-state index in [4.69, 9.17) is 9.84 Å². The summed E-state index contributed by atoms with van der Waals surface area (Å²) < 4.78 is 31.4. The molecule has 1 amide bonds. The first-order chi connectivity index (χ1) is 9.47. The van der Waals surface area contributed by atoms with E-state index in [2.05, 4.69) is 0 Å². The fraction of sp³-hybridized carbons (Fsp3) is 0.385. The lowest BCUT2D eigenvalue weighted by atomic mass is 10.1. The van der Waals surface area contributed by atoms with Crippen LogP contribution in [0.5, 0.6) is 0 Å².